The topological polar surface area (TPSA) is 27.7 Å². The molecule has 0 bridgehead atoms. The van der Waals surface area contributed by atoms with Crippen LogP contribution in [0, 0.1) is 0 Å². The molecule has 1 aliphatic heterocycles. The predicted molar refractivity (Wildman–Crippen MR) is 145 cm³/mol. The first-order valence-corrected chi connectivity index (χ1v) is 12.9. The summed E-state index contributed by atoms with van der Waals surface area (Å²) in [6.45, 7) is 4.77. The van der Waals surface area contributed by atoms with Gasteiger partial charge in [-0.15, -0.1) is 0 Å². The molecular formula is C31H41N3O. The molecule has 4 nitrogen and oxygen atoms in total. The van der Waals surface area contributed by atoms with Gasteiger partial charge in [0.2, 0.25) is 0 Å². The first-order chi connectivity index (χ1) is 17.1. The van der Waals surface area contributed by atoms with Crippen LogP contribution < -0.4 is 5.32 Å². The third-order valence-corrected chi connectivity index (χ3v) is 7.53. The van der Waals surface area contributed by atoms with Gasteiger partial charge in [-0.25, -0.2) is 0 Å². The van der Waals surface area contributed by atoms with Gasteiger partial charge in [0.1, 0.15) is 0 Å². The molecule has 0 amide bonds. The Morgan fingerprint density at radius 2 is 1.54 bits per heavy atom. The SMILES string of the molecule is CNCC[C@@H](OCc1cccc(CN2CCC(c3ccccc3)(N(C)C)CC2)c1)c1ccccc1. The maximum Gasteiger partial charge on any atom is 0.0841 e. The second-order valence-electron chi connectivity index (χ2n) is 9.99. The molecule has 1 aliphatic rings. The van der Waals surface area contributed by atoms with Crippen LogP contribution in [0.5, 0.6) is 0 Å². The van der Waals surface area contributed by atoms with Crippen molar-refractivity contribution in [1.82, 2.24) is 15.1 Å². The van der Waals surface area contributed by atoms with Crippen molar-refractivity contribution in [2.75, 3.05) is 40.8 Å². The molecule has 0 spiro atoms. The predicted octanol–water partition coefficient (Wildman–Crippen LogP) is 5.61. The van der Waals surface area contributed by atoms with Crippen LogP contribution in [-0.2, 0) is 23.4 Å². The lowest BCUT2D eigenvalue weighted by atomic mass is 9.79. The van der Waals surface area contributed by atoms with Gasteiger partial charge in [0.05, 0.1) is 12.7 Å². The molecule has 1 saturated heterocycles. The summed E-state index contributed by atoms with van der Waals surface area (Å²) in [6.07, 6.45) is 3.36. The number of ether oxygens (including phenoxy) is 1. The lowest BCUT2D eigenvalue weighted by Crippen LogP contribution is -2.50. The Morgan fingerprint density at radius 3 is 2.20 bits per heavy atom. The summed E-state index contributed by atoms with van der Waals surface area (Å²) in [6, 6.07) is 30.5. The molecule has 1 atom stereocenters. The maximum atomic E-state index is 6.40. The summed E-state index contributed by atoms with van der Waals surface area (Å²) in [5.41, 5.74) is 5.43. The minimum atomic E-state index is 0.103. The Hall–Kier alpha value is -2.50. The summed E-state index contributed by atoms with van der Waals surface area (Å²) in [5.74, 6) is 0. The molecule has 4 heteroatoms. The van der Waals surface area contributed by atoms with E-state index in [4.69, 9.17) is 4.74 Å². The van der Waals surface area contributed by atoms with Crippen LogP contribution in [0.4, 0.5) is 0 Å². The van der Waals surface area contributed by atoms with Crippen LogP contribution in [0.25, 0.3) is 0 Å². The standard InChI is InChI=1S/C31H41N3O/c1-32-20-17-30(28-13-6-4-7-14-28)35-25-27-12-10-11-26(23-27)24-34-21-18-31(19-22-34,33(2)3)29-15-8-5-9-16-29/h4-16,23,30,32H,17-22,24-25H2,1-3H3/t30-/m1/s1. The molecule has 3 aromatic carbocycles. The highest BCUT2D eigenvalue weighted by atomic mass is 16.5. The fourth-order valence-corrected chi connectivity index (χ4v) is 5.39. The van der Waals surface area contributed by atoms with Crippen molar-refractivity contribution >= 4 is 0 Å². The van der Waals surface area contributed by atoms with Crippen LogP contribution in [0.1, 0.15) is 47.6 Å². The molecule has 1 heterocycles. The van der Waals surface area contributed by atoms with Gasteiger partial charge in [0.25, 0.3) is 0 Å². The van der Waals surface area contributed by atoms with Crippen LogP contribution in [0.15, 0.2) is 84.9 Å². The lowest BCUT2D eigenvalue weighted by Gasteiger charge is -2.46. The van der Waals surface area contributed by atoms with E-state index in [2.05, 4.69) is 114 Å². The molecule has 0 radical (unpaired) electrons. The number of likely N-dealkylation sites (tertiary alicyclic amines) is 1. The van der Waals surface area contributed by atoms with E-state index in [1.165, 1.54) is 22.3 Å². The average Bonchev–Trinajstić information content (AvgIpc) is 2.90. The second-order valence-corrected chi connectivity index (χ2v) is 9.99. The number of hydrogen-bond acceptors (Lipinski definition) is 4. The Bertz CT molecular complexity index is 1010. The number of rotatable bonds is 11. The first-order valence-electron chi connectivity index (χ1n) is 12.9. The van der Waals surface area contributed by atoms with E-state index in [9.17, 15) is 0 Å². The van der Waals surface area contributed by atoms with Crippen molar-refractivity contribution in [3.8, 4) is 0 Å². The van der Waals surface area contributed by atoms with Gasteiger partial charge in [-0.05, 0) is 69.2 Å². The summed E-state index contributed by atoms with van der Waals surface area (Å²) in [5, 5.41) is 3.26. The third kappa shape index (κ3) is 6.59. The normalized spacial score (nSPS) is 16.9. The highest BCUT2D eigenvalue weighted by molar-refractivity contribution is 5.27. The molecule has 0 aliphatic carbocycles. The molecular weight excluding hydrogens is 430 g/mol. The molecule has 1 fully saturated rings. The Balaban J connectivity index is 1.36. The zero-order chi connectivity index (χ0) is 24.5. The monoisotopic (exact) mass is 471 g/mol. The van der Waals surface area contributed by atoms with Crippen molar-refractivity contribution < 1.29 is 4.74 Å². The van der Waals surface area contributed by atoms with Crippen LogP contribution in [-0.4, -0.2) is 50.6 Å². The van der Waals surface area contributed by atoms with E-state index >= 15 is 0 Å². The molecule has 0 aromatic heterocycles. The Labute approximate surface area is 211 Å². The highest BCUT2D eigenvalue weighted by Crippen LogP contribution is 2.37. The van der Waals surface area contributed by atoms with Gasteiger partial charge in [-0.3, -0.25) is 9.80 Å². The van der Waals surface area contributed by atoms with E-state index in [-0.39, 0.29) is 11.6 Å². The van der Waals surface area contributed by atoms with Crippen molar-refractivity contribution in [2.24, 2.45) is 0 Å². The van der Waals surface area contributed by atoms with E-state index < -0.39 is 0 Å². The molecule has 0 saturated carbocycles. The summed E-state index contributed by atoms with van der Waals surface area (Å²) >= 11 is 0. The van der Waals surface area contributed by atoms with E-state index in [0.29, 0.717) is 6.61 Å². The quantitative estimate of drug-likeness (QED) is 0.394. The van der Waals surface area contributed by atoms with Crippen LogP contribution >= 0.6 is 0 Å². The van der Waals surface area contributed by atoms with E-state index in [1.54, 1.807) is 0 Å². The number of piperidine rings is 1. The van der Waals surface area contributed by atoms with E-state index in [0.717, 1.165) is 45.4 Å². The van der Waals surface area contributed by atoms with Crippen molar-refractivity contribution in [3.63, 3.8) is 0 Å². The first kappa shape index (κ1) is 25.6. The molecule has 186 valence electrons. The zero-order valence-electron chi connectivity index (χ0n) is 21.6. The average molecular weight is 472 g/mol. The van der Waals surface area contributed by atoms with E-state index in [1.807, 2.05) is 7.05 Å². The second kappa shape index (κ2) is 12.5. The summed E-state index contributed by atoms with van der Waals surface area (Å²) in [4.78, 5) is 5.03. The van der Waals surface area contributed by atoms with Gasteiger partial charge in [-0.1, -0.05) is 84.9 Å². The van der Waals surface area contributed by atoms with Crippen molar-refractivity contribution in [1.29, 1.82) is 0 Å². The smallest absolute Gasteiger partial charge is 0.0841 e. The fourth-order valence-electron chi connectivity index (χ4n) is 5.39. The number of hydrogen-bond donors (Lipinski definition) is 1. The van der Waals surface area contributed by atoms with Crippen LogP contribution in [0.3, 0.4) is 0 Å². The lowest BCUT2D eigenvalue weighted by molar-refractivity contribution is 0.0342. The molecule has 0 unspecified atom stereocenters. The van der Waals surface area contributed by atoms with Gasteiger partial charge < -0.3 is 10.1 Å². The zero-order valence-corrected chi connectivity index (χ0v) is 21.6. The van der Waals surface area contributed by atoms with Gasteiger partial charge >= 0.3 is 0 Å². The fraction of sp³-hybridized carbons (Fsp3) is 0.419. The highest BCUT2D eigenvalue weighted by Gasteiger charge is 2.37. The van der Waals surface area contributed by atoms with Gasteiger partial charge in [0.15, 0.2) is 0 Å². The van der Waals surface area contributed by atoms with Crippen molar-refractivity contribution in [2.45, 2.75) is 44.1 Å². The largest absolute Gasteiger partial charge is 0.369 e. The van der Waals surface area contributed by atoms with Crippen LogP contribution in [0.2, 0.25) is 0 Å². The number of nitrogens with zero attached hydrogens (tertiary/aromatic N) is 2. The maximum absolute atomic E-state index is 6.40. The van der Waals surface area contributed by atoms with Gasteiger partial charge in [0, 0.05) is 25.2 Å². The third-order valence-electron chi connectivity index (χ3n) is 7.53. The minimum Gasteiger partial charge on any atom is -0.369 e. The molecule has 3 aromatic rings. The number of benzene rings is 3. The minimum absolute atomic E-state index is 0.103. The molecule has 4 rings (SSSR count). The molecule has 1 N–H and O–H groups in total. The summed E-state index contributed by atoms with van der Waals surface area (Å²) < 4.78 is 6.40. The summed E-state index contributed by atoms with van der Waals surface area (Å²) in [7, 11) is 6.45. The van der Waals surface area contributed by atoms with Gasteiger partial charge in [-0.2, -0.15) is 0 Å². The molecule has 35 heavy (non-hydrogen) atoms. The Kier molecular flexibility index (Phi) is 9.11. The number of nitrogens with one attached hydrogen (secondary N) is 1. The Morgan fingerprint density at radius 1 is 0.886 bits per heavy atom. The van der Waals surface area contributed by atoms with Crippen molar-refractivity contribution in [3.05, 3.63) is 107 Å².